The molecule has 0 aliphatic heterocycles. The average molecular weight is 305 g/mol. The van der Waals surface area contributed by atoms with Crippen molar-refractivity contribution in [3.8, 4) is 0 Å². The third kappa shape index (κ3) is 4.34. The van der Waals surface area contributed by atoms with Crippen LogP contribution in [0, 0.1) is 0 Å². The Labute approximate surface area is 104 Å². The normalized spacial score (nSPS) is 11.3. The molecule has 0 aliphatic carbocycles. The van der Waals surface area contributed by atoms with Gasteiger partial charge in [0.1, 0.15) is 0 Å². The second-order valence-electron chi connectivity index (χ2n) is 3.30. The zero-order valence-electron chi connectivity index (χ0n) is 8.61. The number of halogens is 1. The Balaban J connectivity index is 2.73. The molecule has 6 heteroatoms. The lowest BCUT2D eigenvalue weighted by Gasteiger charge is -2.07. The van der Waals surface area contributed by atoms with E-state index in [1.807, 2.05) is 0 Å². The number of benzene rings is 1. The monoisotopic (exact) mass is 304 g/mol. The van der Waals surface area contributed by atoms with Crippen LogP contribution in [-0.2, 0) is 15.8 Å². The molecule has 0 saturated carbocycles. The summed E-state index contributed by atoms with van der Waals surface area (Å²) in [5.74, 6) is -0.125. The third-order valence-corrected chi connectivity index (χ3v) is 3.44. The summed E-state index contributed by atoms with van der Waals surface area (Å²) in [4.78, 5) is 0. The molecular formula is C10H13BrN2O2S. The van der Waals surface area contributed by atoms with Crippen molar-refractivity contribution in [1.82, 2.24) is 4.72 Å². The smallest absolute Gasteiger partial charge is 0.216 e. The number of para-hydroxylation sites is 1. The first-order valence-electron chi connectivity index (χ1n) is 4.55. The van der Waals surface area contributed by atoms with E-state index >= 15 is 0 Å². The average Bonchev–Trinajstić information content (AvgIpc) is 2.19. The molecule has 4 nitrogen and oxygen atoms in total. The summed E-state index contributed by atoms with van der Waals surface area (Å²) < 4.78 is 26.2. The molecule has 0 unspecified atom stereocenters. The van der Waals surface area contributed by atoms with Crippen LogP contribution in [0.4, 0.5) is 5.69 Å². The van der Waals surface area contributed by atoms with E-state index in [0.29, 0.717) is 15.7 Å². The SMILES string of the molecule is C=C(Br)CNS(=O)(=O)Cc1ccccc1N. The molecule has 1 aromatic carbocycles. The van der Waals surface area contributed by atoms with Crippen LogP contribution in [0.3, 0.4) is 0 Å². The van der Waals surface area contributed by atoms with Gasteiger partial charge in [0.05, 0.1) is 5.75 Å². The molecule has 0 bridgehead atoms. The fourth-order valence-corrected chi connectivity index (χ4v) is 2.60. The first-order valence-corrected chi connectivity index (χ1v) is 6.99. The van der Waals surface area contributed by atoms with Crippen LogP contribution in [0.1, 0.15) is 5.56 Å². The number of nitrogens with one attached hydrogen (secondary N) is 1. The van der Waals surface area contributed by atoms with Gasteiger partial charge < -0.3 is 5.73 Å². The fourth-order valence-electron chi connectivity index (χ4n) is 1.11. The quantitative estimate of drug-likeness (QED) is 0.812. The minimum absolute atomic E-state index is 0.125. The van der Waals surface area contributed by atoms with E-state index in [4.69, 9.17) is 5.73 Å². The van der Waals surface area contributed by atoms with E-state index in [-0.39, 0.29) is 12.3 Å². The lowest BCUT2D eigenvalue weighted by molar-refractivity contribution is 0.584. The Morgan fingerprint density at radius 3 is 2.62 bits per heavy atom. The Bertz CT molecular complexity index is 485. The van der Waals surface area contributed by atoms with E-state index in [9.17, 15) is 8.42 Å². The Morgan fingerprint density at radius 2 is 2.06 bits per heavy atom. The second-order valence-corrected chi connectivity index (χ2v) is 6.22. The van der Waals surface area contributed by atoms with Crippen LogP contribution in [0.2, 0.25) is 0 Å². The number of nitrogen functional groups attached to an aromatic ring is 1. The molecule has 16 heavy (non-hydrogen) atoms. The van der Waals surface area contributed by atoms with E-state index in [1.165, 1.54) is 0 Å². The summed E-state index contributed by atoms with van der Waals surface area (Å²) in [5, 5.41) is 0. The standard InChI is InChI=1S/C10H13BrN2O2S/c1-8(11)6-13-16(14,15)7-9-4-2-3-5-10(9)12/h2-5,13H,1,6-7,12H2. The summed E-state index contributed by atoms with van der Waals surface area (Å²) in [6.07, 6.45) is 0. The summed E-state index contributed by atoms with van der Waals surface area (Å²) in [7, 11) is -3.37. The second kappa shape index (κ2) is 5.47. The van der Waals surface area contributed by atoms with Gasteiger partial charge in [-0.3, -0.25) is 0 Å². The van der Waals surface area contributed by atoms with Gasteiger partial charge >= 0.3 is 0 Å². The van der Waals surface area contributed by atoms with Gasteiger partial charge in [-0.15, -0.1) is 0 Å². The zero-order chi connectivity index (χ0) is 12.2. The van der Waals surface area contributed by atoms with E-state index in [1.54, 1.807) is 24.3 Å². The number of rotatable bonds is 5. The van der Waals surface area contributed by atoms with Crippen molar-refractivity contribution in [2.45, 2.75) is 5.75 Å². The number of nitrogens with two attached hydrogens (primary N) is 1. The van der Waals surface area contributed by atoms with Crippen molar-refractivity contribution < 1.29 is 8.42 Å². The number of sulfonamides is 1. The van der Waals surface area contributed by atoms with Gasteiger partial charge in [-0.05, 0) is 11.6 Å². The van der Waals surface area contributed by atoms with E-state index < -0.39 is 10.0 Å². The predicted octanol–water partition coefficient (Wildman–Crippen LogP) is 1.60. The highest BCUT2D eigenvalue weighted by atomic mass is 79.9. The van der Waals surface area contributed by atoms with Crippen LogP contribution < -0.4 is 10.5 Å². The molecule has 0 aromatic heterocycles. The molecule has 0 spiro atoms. The zero-order valence-corrected chi connectivity index (χ0v) is 11.0. The number of hydrogen-bond donors (Lipinski definition) is 2. The molecule has 0 heterocycles. The molecule has 0 aliphatic rings. The molecule has 0 atom stereocenters. The van der Waals surface area contributed by atoms with Crippen molar-refractivity contribution in [2.75, 3.05) is 12.3 Å². The van der Waals surface area contributed by atoms with Crippen molar-refractivity contribution in [3.63, 3.8) is 0 Å². The molecular weight excluding hydrogens is 292 g/mol. The molecule has 0 saturated heterocycles. The van der Waals surface area contributed by atoms with Gasteiger partial charge in [-0.25, -0.2) is 13.1 Å². The van der Waals surface area contributed by atoms with E-state index in [2.05, 4.69) is 27.2 Å². The highest BCUT2D eigenvalue weighted by molar-refractivity contribution is 9.11. The van der Waals surface area contributed by atoms with Gasteiger partial charge in [0.2, 0.25) is 10.0 Å². The van der Waals surface area contributed by atoms with Crippen LogP contribution in [0.5, 0.6) is 0 Å². The maximum atomic E-state index is 11.6. The minimum atomic E-state index is -3.37. The van der Waals surface area contributed by atoms with Crippen molar-refractivity contribution in [1.29, 1.82) is 0 Å². The van der Waals surface area contributed by atoms with Crippen LogP contribution in [0.15, 0.2) is 35.3 Å². The molecule has 1 aromatic rings. The topological polar surface area (TPSA) is 72.2 Å². The molecule has 1 rings (SSSR count). The van der Waals surface area contributed by atoms with Gasteiger partial charge in [-0.2, -0.15) is 0 Å². The minimum Gasteiger partial charge on any atom is -0.398 e. The Hall–Kier alpha value is -0.850. The van der Waals surface area contributed by atoms with Gasteiger partial charge in [-0.1, -0.05) is 40.7 Å². The first kappa shape index (κ1) is 13.2. The number of anilines is 1. The molecule has 3 N–H and O–H groups in total. The van der Waals surface area contributed by atoms with Crippen molar-refractivity contribution in [2.24, 2.45) is 0 Å². The molecule has 0 radical (unpaired) electrons. The van der Waals surface area contributed by atoms with Gasteiger partial charge in [0, 0.05) is 16.7 Å². The summed E-state index contributed by atoms with van der Waals surface area (Å²) in [6.45, 7) is 3.72. The van der Waals surface area contributed by atoms with E-state index in [0.717, 1.165) is 0 Å². The van der Waals surface area contributed by atoms with Crippen LogP contribution >= 0.6 is 15.9 Å². The largest absolute Gasteiger partial charge is 0.398 e. The Kier molecular flexibility index (Phi) is 4.52. The lowest BCUT2D eigenvalue weighted by atomic mass is 10.2. The van der Waals surface area contributed by atoms with Gasteiger partial charge in [0.25, 0.3) is 0 Å². The Morgan fingerprint density at radius 1 is 1.44 bits per heavy atom. The van der Waals surface area contributed by atoms with Crippen molar-refractivity contribution in [3.05, 3.63) is 40.9 Å². The maximum Gasteiger partial charge on any atom is 0.216 e. The highest BCUT2D eigenvalue weighted by Gasteiger charge is 2.12. The maximum absolute atomic E-state index is 11.6. The van der Waals surface area contributed by atoms with Crippen molar-refractivity contribution >= 4 is 31.6 Å². The third-order valence-electron chi connectivity index (χ3n) is 1.88. The lowest BCUT2D eigenvalue weighted by Crippen LogP contribution is -2.26. The summed E-state index contributed by atoms with van der Waals surface area (Å²) in [6, 6.07) is 6.88. The molecule has 0 fully saturated rings. The molecule has 0 amide bonds. The fraction of sp³-hybridized carbons (Fsp3) is 0.200. The number of hydrogen-bond acceptors (Lipinski definition) is 3. The van der Waals surface area contributed by atoms with Gasteiger partial charge in [0.15, 0.2) is 0 Å². The summed E-state index contributed by atoms with van der Waals surface area (Å²) in [5.41, 5.74) is 6.73. The van der Waals surface area contributed by atoms with Crippen LogP contribution in [-0.4, -0.2) is 15.0 Å². The predicted molar refractivity (Wildman–Crippen MR) is 69.5 cm³/mol. The van der Waals surface area contributed by atoms with Crippen LogP contribution in [0.25, 0.3) is 0 Å². The highest BCUT2D eigenvalue weighted by Crippen LogP contribution is 2.13. The first-order chi connectivity index (χ1) is 7.41. The molecule has 88 valence electrons. The summed E-state index contributed by atoms with van der Waals surface area (Å²) >= 11 is 3.08.